The minimum absolute atomic E-state index is 0.324. The monoisotopic (exact) mass is 341 g/mol. The van der Waals surface area contributed by atoms with Crippen molar-refractivity contribution in [1.29, 1.82) is 0 Å². The van der Waals surface area contributed by atoms with Crippen molar-refractivity contribution in [2.24, 2.45) is 4.99 Å². The highest BCUT2D eigenvalue weighted by molar-refractivity contribution is 6.10. The summed E-state index contributed by atoms with van der Waals surface area (Å²) in [6.07, 6.45) is -0.528. The number of guanidine groups is 1. The van der Waals surface area contributed by atoms with Crippen LogP contribution in [0.1, 0.15) is 13.8 Å². The molecule has 8 nitrogen and oxygen atoms in total. The average molecular weight is 341 g/mol. The van der Waals surface area contributed by atoms with Gasteiger partial charge in [-0.25, -0.2) is 9.79 Å². The van der Waals surface area contributed by atoms with Gasteiger partial charge in [0.05, 0.1) is 7.11 Å². The van der Waals surface area contributed by atoms with E-state index in [0.29, 0.717) is 5.96 Å². The van der Waals surface area contributed by atoms with Crippen LogP contribution in [0.2, 0.25) is 0 Å². The molecule has 8 heteroatoms. The molecule has 2 unspecified atom stereocenters. The SMILES string of the molecule is COc1ccc(N2C3=NC4C(C(=O)NC(=O)N4C)N3C(C)=C2C)cc1. The van der Waals surface area contributed by atoms with Crippen LogP contribution in [-0.2, 0) is 4.79 Å². The Kier molecular flexibility index (Phi) is 3.24. The number of rotatable bonds is 2. The van der Waals surface area contributed by atoms with Gasteiger partial charge in [-0.05, 0) is 38.1 Å². The number of benzene rings is 1. The fourth-order valence-electron chi connectivity index (χ4n) is 3.50. The molecule has 1 saturated heterocycles. The fraction of sp³-hybridized carbons (Fsp3) is 0.353. The Bertz CT molecular complexity index is 829. The maximum absolute atomic E-state index is 12.4. The molecule has 0 aliphatic carbocycles. The van der Waals surface area contributed by atoms with Crippen LogP contribution < -0.4 is 15.0 Å². The Morgan fingerprint density at radius 3 is 2.44 bits per heavy atom. The van der Waals surface area contributed by atoms with Crippen LogP contribution in [0.15, 0.2) is 40.7 Å². The van der Waals surface area contributed by atoms with E-state index < -0.39 is 18.2 Å². The molecule has 0 aromatic heterocycles. The first-order chi connectivity index (χ1) is 11.9. The number of amides is 3. The molecule has 1 N–H and O–H groups in total. The highest BCUT2D eigenvalue weighted by Crippen LogP contribution is 2.38. The zero-order valence-corrected chi connectivity index (χ0v) is 14.5. The van der Waals surface area contributed by atoms with Crippen LogP contribution in [0, 0.1) is 0 Å². The van der Waals surface area contributed by atoms with Crippen LogP contribution in [0.25, 0.3) is 0 Å². The quantitative estimate of drug-likeness (QED) is 0.878. The van der Waals surface area contributed by atoms with Crippen LogP contribution in [-0.4, -0.2) is 54.1 Å². The molecule has 3 heterocycles. The van der Waals surface area contributed by atoms with E-state index in [1.165, 1.54) is 4.90 Å². The highest BCUT2D eigenvalue weighted by atomic mass is 16.5. The summed E-state index contributed by atoms with van der Waals surface area (Å²) in [7, 11) is 3.27. The number of urea groups is 1. The van der Waals surface area contributed by atoms with E-state index in [0.717, 1.165) is 22.8 Å². The first-order valence-corrected chi connectivity index (χ1v) is 8.00. The number of ether oxygens (including phenoxy) is 1. The second-order valence-electron chi connectivity index (χ2n) is 6.27. The molecule has 3 aliphatic rings. The van der Waals surface area contributed by atoms with Gasteiger partial charge in [0.15, 0.2) is 12.2 Å². The number of nitrogens with one attached hydrogen (secondary N) is 1. The molecule has 1 fully saturated rings. The zero-order chi connectivity index (χ0) is 17.9. The molecule has 25 heavy (non-hydrogen) atoms. The van der Waals surface area contributed by atoms with Crippen molar-refractivity contribution in [1.82, 2.24) is 15.1 Å². The van der Waals surface area contributed by atoms with Gasteiger partial charge < -0.3 is 9.64 Å². The number of aliphatic imine (C=N–C) groups is 1. The number of fused-ring (bicyclic) bond motifs is 3. The Morgan fingerprint density at radius 1 is 1.12 bits per heavy atom. The summed E-state index contributed by atoms with van der Waals surface area (Å²) in [5, 5.41) is 2.39. The van der Waals surface area contributed by atoms with Gasteiger partial charge in [-0.15, -0.1) is 0 Å². The van der Waals surface area contributed by atoms with Crippen molar-refractivity contribution in [3.05, 3.63) is 35.7 Å². The summed E-state index contributed by atoms with van der Waals surface area (Å²) in [5.41, 5.74) is 2.86. The molecule has 4 rings (SSSR count). The minimum Gasteiger partial charge on any atom is -0.497 e. The average Bonchev–Trinajstić information content (AvgIpc) is 3.10. The van der Waals surface area contributed by atoms with Gasteiger partial charge in [-0.3, -0.25) is 19.9 Å². The summed E-state index contributed by atoms with van der Waals surface area (Å²) < 4.78 is 5.22. The Hall–Kier alpha value is -3.03. The van der Waals surface area contributed by atoms with E-state index >= 15 is 0 Å². The zero-order valence-electron chi connectivity index (χ0n) is 14.5. The number of carbonyl (C=O) groups excluding carboxylic acids is 2. The molecule has 1 aromatic rings. The molecule has 0 bridgehead atoms. The summed E-state index contributed by atoms with van der Waals surface area (Å²) in [6, 6.07) is 6.68. The van der Waals surface area contributed by atoms with Crippen molar-refractivity contribution in [2.75, 3.05) is 19.1 Å². The maximum atomic E-state index is 12.4. The topological polar surface area (TPSA) is 77.5 Å². The normalized spacial score (nSPS) is 25.1. The molecule has 3 aliphatic heterocycles. The smallest absolute Gasteiger partial charge is 0.325 e. The van der Waals surface area contributed by atoms with Gasteiger partial charge in [-0.1, -0.05) is 0 Å². The lowest BCUT2D eigenvalue weighted by molar-refractivity contribution is -0.126. The van der Waals surface area contributed by atoms with E-state index in [4.69, 9.17) is 9.73 Å². The third-order valence-electron chi connectivity index (χ3n) is 4.99. The third-order valence-corrected chi connectivity index (χ3v) is 4.99. The second-order valence-corrected chi connectivity index (χ2v) is 6.27. The molecule has 0 saturated carbocycles. The van der Waals surface area contributed by atoms with Gasteiger partial charge >= 0.3 is 6.03 Å². The highest BCUT2D eigenvalue weighted by Gasteiger charge is 2.53. The molecule has 1 aromatic carbocycles. The second kappa shape index (κ2) is 5.23. The number of hydrogen-bond donors (Lipinski definition) is 1. The van der Waals surface area contributed by atoms with E-state index in [9.17, 15) is 9.59 Å². The standard InChI is InChI=1S/C17H19N5O3/c1-9-10(2)22-13-14(20(3)17(24)19-15(13)23)18-16(22)21(9)11-5-7-12(25-4)8-6-11/h5-8,13-14H,1-4H3,(H,19,23,24). The van der Waals surface area contributed by atoms with E-state index in [2.05, 4.69) is 5.32 Å². The summed E-state index contributed by atoms with van der Waals surface area (Å²) in [4.78, 5) is 34.4. The molecule has 3 amide bonds. The predicted molar refractivity (Wildman–Crippen MR) is 92.0 cm³/mol. The number of hydrogen-bond acceptors (Lipinski definition) is 6. The van der Waals surface area contributed by atoms with Crippen LogP contribution in [0.5, 0.6) is 5.75 Å². The third kappa shape index (κ3) is 2.03. The van der Waals surface area contributed by atoms with Crippen molar-refractivity contribution < 1.29 is 14.3 Å². The largest absolute Gasteiger partial charge is 0.497 e. The van der Waals surface area contributed by atoms with Crippen LogP contribution >= 0.6 is 0 Å². The van der Waals surface area contributed by atoms with Crippen molar-refractivity contribution in [3.63, 3.8) is 0 Å². The number of carbonyl (C=O) groups is 2. The molecule has 0 radical (unpaired) electrons. The lowest BCUT2D eigenvalue weighted by Gasteiger charge is -2.35. The van der Waals surface area contributed by atoms with Gasteiger partial charge in [0.2, 0.25) is 5.96 Å². The van der Waals surface area contributed by atoms with E-state index in [1.54, 1.807) is 14.2 Å². The van der Waals surface area contributed by atoms with E-state index in [-0.39, 0.29) is 5.91 Å². The van der Waals surface area contributed by atoms with Crippen molar-refractivity contribution >= 4 is 23.6 Å². The molecule has 0 spiro atoms. The summed E-state index contributed by atoms with van der Waals surface area (Å²) >= 11 is 0. The van der Waals surface area contributed by atoms with Crippen LogP contribution in [0.4, 0.5) is 10.5 Å². The number of anilines is 1. The van der Waals surface area contributed by atoms with Crippen molar-refractivity contribution in [3.8, 4) is 5.75 Å². The summed E-state index contributed by atoms with van der Waals surface area (Å²) in [5.74, 6) is 1.10. The van der Waals surface area contributed by atoms with Gasteiger partial charge in [0.25, 0.3) is 5.91 Å². The molecular formula is C17H19N5O3. The Labute approximate surface area is 145 Å². The number of likely N-dealkylation sites (N-methyl/N-ethyl adjacent to an activating group) is 1. The lowest BCUT2D eigenvalue weighted by atomic mass is 10.1. The summed E-state index contributed by atoms with van der Waals surface area (Å²) in [6.45, 7) is 3.95. The van der Waals surface area contributed by atoms with Gasteiger partial charge in [0, 0.05) is 24.1 Å². The maximum Gasteiger partial charge on any atom is 0.325 e. The first-order valence-electron chi connectivity index (χ1n) is 8.00. The van der Waals surface area contributed by atoms with E-state index in [1.807, 2.05) is 47.9 Å². The molecule has 2 atom stereocenters. The Balaban J connectivity index is 1.78. The lowest BCUT2D eigenvalue weighted by Crippen LogP contribution is -2.63. The first kappa shape index (κ1) is 15.5. The van der Waals surface area contributed by atoms with Gasteiger partial charge in [0.1, 0.15) is 5.75 Å². The number of nitrogens with zero attached hydrogens (tertiary/aromatic N) is 4. The fourth-order valence-corrected chi connectivity index (χ4v) is 3.50. The Morgan fingerprint density at radius 2 is 1.80 bits per heavy atom. The van der Waals surface area contributed by atoms with Crippen LogP contribution in [0.3, 0.4) is 0 Å². The predicted octanol–water partition coefficient (Wildman–Crippen LogP) is 1.31. The molecular weight excluding hydrogens is 322 g/mol. The van der Waals surface area contributed by atoms with Crippen molar-refractivity contribution in [2.45, 2.75) is 26.1 Å². The number of allylic oxidation sites excluding steroid dienone is 2. The van der Waals surface area contributed by atoms with Gasteiger partial charge in [-0.2, -0.15) is 0 Å². The minimum atomic E-state index is -0.545. The molecule has 130 valence electrons. The number of methoxy groups -OCH3 is 1. The number of imide groups is 1.